The molecule has 3 N–H and O–H groups in total. The van der Waals surface area contributed by atoms with Gasteiger partial charge in [0.1, 0.15) is 0 Å². The van der Waals surface area contributed by atoms with E-state index in [1.807, 2.05) is 0 Å². The van der Waals surface area contributed by atoms with Gasteiger partial charge in [0.15, 0.2) is 5.82 Å². The van der Waals surface area contributed by atoms with E-state index in [1.54, 1.807) is 32.0 Å². The van der Waals surface area contributed by atoms with Gasteiger partial charge >= 0.3 is 0 Å². The smallest absolute Gasteiger partial charge is 0.243 e. The van der Waals surface area contributed by atoms with E-state index in [4.69, 9.17) is 40.6 Å². The van der Waals surface area contributed by atoms with Crippen molar-refractivity contribution in [2.45, 2.75) is 23.9 Å². The first-order chi connectivity index (χ1) is 16.1. The van der Waals surface area contributed by atoms with Crippen molar-refractivity contribution in [2.24, 2.45) is 0 Å². The molecule has 0 bridgehead atoms. The number of anilines is 1. The molecular weight excluding hydrogens is 543 g/mol. The summed E-state index contributed by atoms with van der Waals surface area (Å²) in [5, 5.41) is 12.0. The van der Waals surface area contributed by atoms with Crippen molar-refractivity contribution in [3.05, 3.63) is 51.5 Å². The Labute approximate surface area is 216 Å². The lowest BCUT2D eigenvalue weighted by molar-refractivity contribution is -0.113. The molecule has 1 amide bonds. The molecule has 1 heterocycles. The van der Waals surface area contributed by atoms with Gasteiger partial charge in [0.2, 0.25) is 21.1 Å². The molecule has 0 saturated carbocycles. The highest BCUT2D eigenvalue weighted by atomic mass is 35.5. The first kappa shape index (κ1) is 26.6. The van der Waals surface area contributed by atoms with Crippen LogP contribution in [0, 0.1) is 0 Å². The third-order valence-electron chi connectivity index (χ3n) is 4.72. The first-order valence-corrected chi connectivity index (χ1v) is 13.5. The van der Waals surface area contributed by atoms with Gasteiger partial charge in [-0.05, 0) is 36.4 Å². The van der Waals surface area contributed by atoms with E-state index in [1.165, 1.54) is 27.2 Å². The summed E-state index contributed by atoms with van der Waals surface area (Å²) in [6.07, 6.45) is 0. The third kappa shape index (κ3) is 5.78. The van der Waals surface area contributed by atoms with Gasteiger partial charge in [0, 0.05) is 23.7 Å². The number of nitrogens with zero attached hydrogens (tertiary/aromatic N) is 4. The summed E-state index contributed by atoms with van der Waals surface area (Å²) in [6.45, 7) is 4.14. The number of carbonyl (C=O) groups excluding carboxylic acids is 1. The van der Waals surface area contributed by atoms with Crippen LogP contribution >= 0.6 is 46.6 Å². The summed E-state index contributed by atoms with van der Waals surface area (Å²) in [7, 11) is -3.71. The Bertz CT molecular complexity index is 1310. The molecule has 14 heteroatoms. The van der Waals surface area contributed by atoms with E-state index < -0.39 is 15.9 Å². The Balaban J connectivity index is 1.72. The number of halogens is 3. The lowest BCUT2D eigenvalue weighted by Crippen LogP contribution is -2.30. The summed E-state index contributed by atoms with van der Waals surface area (Å²) in [5.41, 5.74) is 0.721. The molecule has 0 saturated heterocycles. The molecule has 182 valence electrons. The van der Waals surface area contributed by atoms with Crippen molar-refractivity contribution in [3.63, 3.8) is 0 Å². The van der Waals surface area contributed by atoms with E-state index in [0.29, 0.717) is 34.5 Å². The molecule has 0 spiro atoms. The highest BCUT2D eigenvalue weighted by Gasteiger charge is 2.23. The van der Waals surface area contributed by atoms with Crippen LogP contribution in [-0.2, 0) is 14.8 Å². The fourth-order valence-electron chi connectivity index (χ4n) is 3.02. The second kappa shape index (κ2) is 11.1. The minimum atomic E-state index is -3.71. The van der Waals surface area contributed by atoms with E-state index >= 15 is 0 Å². The fraction of sp³-hybridized carbons (Fsp3) is 0.250. The number of aromatic nitrogens is 3. The number of amides is 1. The lowest BCUT2D eigenvalue weighted by atomic mass is 10.2. The number of hydrogen-bond donors (Lipinski definition) is 2. The van der Waals surface area contributed by atoms with Crippen molar-refractivity contribution in [1.82, 2.24) is 19.2 Å². The monoisotopic (exact) mass is 562 g/mol. The summed E-state index contributed by atoms with van der Waals surface area (Å²) >= 11 is 19.4. The average Bonchev–Trinajstić information content (AvgIpc) is 3.14. The minimum Gasteiger partial charge on any atom is -0.335 e. The van der Waals surface area contributed by atoms with Crippen molar-refractivity contribution < 1.29 is 13.2 Å². The number of carbonyl (C=O) groups is 1. The Kier molecular flexibility index (Phi) is 8.72. The van der Waals surface area contributed by atoms with Crippen LogP contribution in [0.1, 0.15) is 13.8 Å². The highest BCUT2D eigenvalue weighted by molar-refractivity contribution is 7.99. The maximum atomic E-state index is 12.8. The maximum absolute atomic E-state index is 12.8. The van der Waals surface area contributed by atoms with Gasteiger partial charge in [-0.15, -0.1) is 10.2 Å². The highest BCUT2D eigenvalue weighted by Crippen LogP contribution is 2.31. The zero-order valence-corrected chi connectivity index (χ0v) is 22.0. The van der Waals surface area contributed by atoms with Crippen LogP contribution in [0.5, 0.6) is 0 Å². The summed E-state index contributed by atoms with van der Waals surface area (Å²) in [6, 6.07) is 9.05. The number of benzene rings is 2. The minimum absolute atomic E-state index is 0.0368. The molecule has 0 aliphatic heterocycles. The normalized spacial score (nSPS) is 11.7. The quantitative estimate of drug-likeness (QED) is 0.292. The number of rotatable bonds is 9. The van der Waals surface area contributed by atoms with E-state index in [0.717, 1.165) is 11.8 Å². The van der Waals surface area contributed by atoms with Crippen molar-refractivity contribution in [3.8, 4) is 11.4 Å². The topological polar surface area (TPSA) is 123 Å². The van der Waals surface area contributed by atoms with Crippen LogP contribution in [0.2, 0.25) is 15.1 Å². The van der Waals surface area contributed by atoms with Crippen LogP contribution in [0.15, 0.2) is 46.5 Å². The molecule has 0 unspecified atom stereocenters. The first-order valence-electron chi connectivity index (χ1n) is 9.96. The van der Waals surface area contributed by atoms with Gasteiger partial charge in [-0.1, -0.05) is 60.4 Å². The van der Waals surface area contributed by atoms with Crippen LogP contribution in [0.25, 0.3) is 11.4 Å². The van der Waals surface area contributed by atoms with Crippen LogP contribution < -0.4 is 11.2 Å². The van der Waals surface area contributed by atoms with Gasteiger partial charge in [-0.3, -0.25) is 4.79 Å². The second-order valence-corrected chi connectivity index (χ2v) is 11.0. The standard InChI is InChI=1S/C20H21Cl3N6O3S2/c1-3-28(4-2)34(31,32)13-6-8-15(22)17(10-13)25-18(30)11-33-20-27-26-19(29(20)24)14-7-5-12(21)9-16(14)23/h5-10H,3-4,11,24H2,1-2H3,(H,25,30). The molecule has 0 atom stereocenters. The number of nitrogen functional groups attached to an aromatic ring is 1. The fourth-order valence-corrected chi connectivity index (χ4v) is 5.82. The van der Waals surface area contributed by atoms with Gasteiger partial charge in [-0.25, -0.2) is 13.1 Å². The summed E-state index contributed by atoms with van der Waals surface area (Å²) in [5.74, 6) is 5.88. The summed E-state index contributed by atoms with van der Waals surface area (Å²) < 4.78 is 28.1. The van der Waals surface area contributed by atoms with Gasteiger partial charge in [-0.2, -0.15) is 4.31 Å². The van der Waals surface area contributed by atoms with E-state index in [9.17, 15) is 13.2 Å². The number of hydrogen-bond acceptors (Lipinski definition) is 7. The molecule has 9 nitrogen and oxygen atoms in total. The Hall–Kier alpha value is -2.02. The molecule has 0 fully saturated rings. The van der Waals surface area contributed by atoms with Crippen molar-refractivity contribution in [1.29, 1.82) is 0 Å². The molecule has 0 aliphatic carbocycles. The Morgan fingerprint density at radius 2 is 1.79 bits per heavy atom. The molecule has 1 aromatic heterocycles. The number of sulfonamides is 1. The predicted molar refractivity (Wildman–Crippen MR) is 137 cm³/mol. The molecule has 3 rings (SSSR count). The van der Waals surface area contributed by atoms with E-state index in [2.05, 4.69) is 15.5 Å². The number of nitrogens with two attached hydrogens (primary N) is 1. The average molecular weight is 564 g/mol. The zero-order valence-electron chi connectivity index (χ0n) is 18.1. The SMILES string of the molecule is CCN(CC)S(=O)(=O)c1ccc(Cl)c(NC(=O)CSc2nnc(-c3ccc(Cl)cc3Cl)n2N)c1. The Morgan fingerprint density at radius 1 is 1.09 bits per heavy atom. The molecule has 0 aliphatic rings. The van der Waals surface area contributed by atoms with Gasteiger partial charge < -0.3 is 11.2 Å². The summed E-state index contributed by atoms with van der Waals surface area (Å²) in [4.78, 5) is 12.6. The lowest BCUT2D eigenvalue weighted by Gasteiger charge is -2.19. The van der Waals surface area contributed by atoms with Crippen LogP contribution in [0.3, 0.4) is 0 Å². The predicted octanol–water partition coefficient (Wildman–Crippen LogP) is 4.38. The van der Waals surface area contributed by atoms with Gasteiger partial charge in [0.25, 0.3) is 0 Å². The number of nitrogens with one attached hydrogen (secondary N) is 1. The van der Waals surface area contributed by atoms with Gasteiger partial charge in [0.05, 0.1) is 26.4 Å². The third-order valence-corrected chi connectivity index (χ3v) is 8.59. The van der Waals surface area contributed by atoms with Crippen LogP contribution in [-0.4, -0.2) is 52.3 Å². The molecular formula is C20H21Cl3N6O3S2. The molecule has 3 aromatic rings. The molecule has 34 heavy (non-hydrogen) atoms. The Morgan fingerprint density at radius 3 is 2.44 bits per heavy atom. The maximum Gasteiger partial charge on any atom is 0.243 e. The van der Waals surface area contributed by atoms with Crippen molar-refractivity contribution >= 4 is 68.2 Å². The van der Waals surface area contributed by atoms with E-state index in [-0.39, 0.29) is 26.5 Å². The van der Waals surface area contributed by atoms with Crippen molar-refractivity contribution in [2.75, 3.05) is 30.0 Å². The second-order valence-electron chi connectivity index (χ2n) is 6.87. The largest absolute Gasteiger partial charge is 0.335 e. The number of thioether (sulfide) groups is 1. The molecule has 0 radical (unpaired) electrons. The van der Waals surface area contributed by atoms with Crippen LogP contribution in [0.4, 0.5) is 5.69 Å². The zero-order chi connectivity index (χ0) is 25.0. The molecule has 2 aromatic carbocycles.